The van der Waals surface area contributed by atoms with Crippen molar-refractivity contribution >= 4 is 39.9 Å². The standard InChI is InChI=1S/C11H11ClIN3/c1-7-14-5-9(16-7)6-15-11-3-2-8(12)4-10(11)13/h2-5,15H,6H2,1H3,(H,14,16). The minimum Gasteiger partial charge on any atom is -0.379 e. The number of halogens is 2. The molecular formula is C11H11ClIN3. The number of imidazole rings is 1. The highest BCUT2D eigenvalue weighted by Gasteiger charge is 2.01. The van der Waals surface area contributed by atoms with E-state index in [-0.39, 0.29) is 0 Å². The SMILES string of the molecule is Cc1ncc(CNc2ccc(Cl)cc2I)[nH]1. The van der Waals surface area contributed by atoms with Crippen LogP contribution in [0.2, 0.25) is 5.02 Å². The summed E-state index contributed by atoms with van der Waals surface area (Å²) in [7, 11) is 0. The molecule has 0 spiro atoms. The summed E-state index contributed by atoms with van der Waals surface area (Å²) in [5.41, 5.74) is 2.15. The minimum atomic E-state index is 0.735. The molecule has 0 aliphatic carbocycles. The first-order valence-electron chi connectivity index (χ1n) is 4.84. The van der Waals surface area contributed by atoms with Crippen molar-refractivity contribution in [3.8, 4) is 0 Å². The van der Waals surface area contributed by atoms with Crippen molar-refractivity contribution in [1.29, 1.82) is 0 Å². The third-order valence-electron chi connectivity index (χ3n) is 2.16. The molecule has 2 rings (SSSR count). The molecule has 0 saturated heterocycles. The molecule has 0 fully saturated rings. The zero-order valence-electron chi connectivity index (χ0n) is 8.72. The molecule has 0 amide bonds. The highest BCUT2D eigenvalue weighted by Crippen LogP contribution is 2.22. The van der Waals surface area contributed by atoms with E-state index in [1.54, 1.807) is 0 Å². The van der Waals surface area contributed by atoms with Gasteiger partial charge in [-0.05, 0) is 47.7 Å². The molecule has 16 heavy (non-hydrogen) atoms. The summed E-state index contributed by atoms with van der Waals surface area (Å²) in [6.07, 6.45) is 1.84. The van der Waals surface area contributed by atoms with E-state index in [4.69, 9.17) is 11.6 Å². The summed E-state index contributed by atoms with van der Waals surface area (Å²) in [5, 5.41) is 4.09. The number of nitrogens with one attached hydrogen (secondary N) is 2. The Balaban J connectivity index is 2.04. The molecule has 0 unspecified atom stereocenters. The van der Waals surface area contributed by atoms with Crippen LogP contribution in [0.15, 0.2) is 24.4 Å². The van der Waals surface area contributed by atoms with E-state index >= 15 is 0 Å². The lowest BCUT2D eigenvalue weighted by atomic mass is 10.3. The van der Waals surface area contributed by atoms with Crippen LogP contribution in [0.3, 0.4) is 0 Å². The molecule has 0 bridgehead atoms. The second kappa shape index (κ2) is 5.05. The van der Waals surface area contributed by atoms with Crippen LogP contribution in [0.1, 0.15) is 11.5 Å². The van der Waals surface area contributed by atoms with Crippen molar-refractivity contribution in [2.45, 2.75) is 13.5 Å². The molecule has 0 radical (unpaired) electrons. The van der Waals surface area contributed by atoms with Crippen LogP contribution in [0.4, 0.5) is 5.69 Å². The number of benzene rings is 1. The first-order valence-corrected chi connectivity index (χ1v) is 6.30. The fourth-order valence-corrected chi connectivity index (χ4v) is 2.45. The molecule has 2 aromatic rings. The molecule has 1 aromatic carbocycles. The summed E-state index contributed by atoms with van der Waals surface area (Å²) in [5.74, 6) is 0.933. The molecular weight excluding hydrogens is 336 g/mol. The van der Waals surface area contributed by atoms with Gasteiger partial charge in [-0.15, -0.1) is 0 Å². The van der Waals surface area contributed by atoms with Crippen LogP contribution in [0.5, 0.6) is 0 Å². The zero-order valence-corrected chi connectivity index (χ0v) is 11.6. The lowest BCUT2D eigenvalue weighted by molar-refractivity contribution is 1.05. The Bertz CT molecular complexity index is 496. The number of hydrogen-bond donors (Lipinski definition) is 2. The van der Waals surface area contributed by atoms with Gasteiger partial charge in [-0.25, -0.2) is 4.98 Å². The van der Waals surface area contributed by atoms with Crippen molar-refractivity contribution in [3.05, 3.63) is 44.5 Å². The maximum atomic E-state index is 5.89. The summed E-state index contributed by atoms with van der Waals surface area (Å²) >= 11 is 8.15. The molecule has 0 aliphatic heterocycles. The summed E-state index contributed by atoms with van der Waals surface area (Å²) in [4.78, 5) is 7.32. The Morgan fingerprint density at radius 3 is 2.94 bits per heavy atom. The van der Waals surface area contributed by atoms with Gasteiger partial charge in [0.2, 0.25) is 0 Å². The van der Waals surface area contributed by atoms with Gasteiger partial charge < -0.3 is 10.3 Å². The predicted octanol–water partition coefficient (Wildman–Crippen LogP) is 3.59. The van der Waals surface area contributed by atoms with Gasteiger partial charge in [0.1, 0.15) is 5.82 Å². The quantitative estimate of drug-likeness (QED) is 0.833. The van der Waals surface area contributed by atoms with Crippen LogP contribution >= 0.6 is 34.2 Å². The molecule has 0 aliphatic rings. The number of anilines is 1. The lowest BCUT2D eigenvalue weighted by Crippen LogP contribution is -2.01. The maximum absolute atomic E-state index is 5.89. The number of rotatable bonds is 3. The summed E-state index contributed by atoms with van der Waals surface area (Å²) in [6.45, 7) is 2.67. The van der Waals surface area contributed by atoms with Gasteiger partial charge in [-0.3, -0.25) is 0 Å². The van der Waals surface area contributed by atoms with Crippen LogP contribution in [0.25, 0.3) is 0 Å². The molecule has 1 aromatic heterocycles. The summed E-state index contributed by atoms with van der Waals surface area (Å²) < 4.78 is 1.11. The van der Waals surface area contributed by atoms with E-state index in [0.29, 0.717) is 0 Å². The molecule has 5 heteroatoms. The first kappa shape index (κ1) is 11.7. The van der Waals surface area contributed by atoms with Crippen molar-refractivity contribution in [3.63, 3.8) is 0 Å². The Morgan fingerprint density at radius 1 is 1.50 bits per heavy atom. The van der Waals surface area contributed by atoms with Crippen LogP contribution in [0, 0.1) is 10.5 Å². The molecule has 1 heterocycles. The maximum Gasteiger partial charge on any atom is 0.103 e. The van der Waals surface area contributed by atoms with E-state index in [0.717, 1.165) is 32.3 Å². The van der Waals surface area contributed by atoms with Gasteiger partial charge in [0.15, 0.2) is 0 Å². The normalized spacial score (nSPS) is 10.4. The molecule has 84 valence electrons. The van der Waals surface area contributed by atoms with Gasteiger partial charge in [-0.2, -0.15) is 0 Å². The fourth-order valence-electron chi connectivity index (χ4n) is 1.38. The molecule has 0 saturated carbocycles. The number of H-pyrrole nitrogens is 1. The van der Waals surface area contributed by atoms with Crippen molar-refractivity contribution in [2.24, 2.45) is 0 Å². The third kappa shape index (κ3) is 2.89. The Hall–Kier alpha value is -0.750. The topological polar surface area (TPSA) is 40.7 Å². The number of aromatic nitrogens is 2. The van der Waals surface area contributed by atoms with E-state index < -0.39 is 0 Å². The minimum absolute atomic E-state index is 0.735. The Morgan fingerprint density at radius 2 is 2.31 bits per heavy atom. The average molecular weight is 348 g/mol. The van der Waals surface area contributed by atoms with Gasteiger partial charge in [0.05, 0.1) is 18.4 Å². The van der Waals surface area contributed by atoms with Crippen molar-refractivity contribution in [1.82, 2.24) is 9.97 Å². The third-order valence-corrected chi connectivity index (χ3v) is 3.28. The van der Waals surface area contributed by atoms with Gasteiger partial charge in [0.25, 0.3) is 0 Å². The van der Waals surface area contributed by atoms with Crippen LogP contribution in [-0.4, -0.2) is 9.97 Å². The molecule has 2 N–H and O–H groups in total. The van der Waals surface area contributed by atoms with Gasteiger partial charge in [0, 0.05) is 14.3 Å². The Labute approximate surface area is 113 Å². The van der Waals surface area contributed by atoms with Gasteiger partial charge in [-0.1, -0.05) is 11.6 Å². The smallest absolute Gasteiger partial charge is 0.103 e. The number of aromatic amines is 1. The van der Waals surface area contributed by atoms with Crippen molar-refractivity contribution in [2.75, 3.05) is 5.32 Å². The highest BCUT2D eigenvalue weighted by atomic mass is 127. The number of hydrogen-bond acceptors (Lipinski definition) is 2. The molecule has 0 atom stereocenters. The van der Waals surface area contributed by atoms with Gasteiger partial charge >= 0.3 is 0 Å². The number of aryl methyl sites for hydroxylation is 1. The van der Waals surface area contributed by atoms with E-state index in [9.17, 15) is 0 Å². The zero-order chi connectivity index (χ0) is 11.5. The van der Waals surface area contributed by atoms with Crippen molar-refractivity contribution < 1.29 is 0 Å². The van der Waals surface area contributed by atoms with Crippen LogP contribution < -0.4 is 5.32 Å². The van der Waals surface area contributed by atoms with E-state index in [1.165, 1.54) is 0 Å². The molecule has 3 nitrogen and oxygen atoms in total. The lowest BCUT2D eigenvalue weighted by Gasteiger charge is -2.07. The van der Waals surface area contributed by atoms with E-state index in [1.807, 2.05) is 31.3 Å². The highest BCUT2D eigenvalue weighted by molar-refractivity contribution is 14.1. The fraction of sp³-hybridized carbons (Fsp3) is 0.182. The largest absolute Gasteiger partial charge is 0.379 e. The van der Waals surface area contributed by atoms with Crippen LogP contribution in [-0.2, 0) is 6.54 Å². The summed E-state index contributed by atoms with van der Waals surface area (Å²) in [6, 6.07) is 5.79. The number of nitrogens with zero attached hydrogens (tertiary/aromatic N) is 1. The second-order valence-corrected chi connectivity index (χ2v) is 5.07. The predicted molar refractivity (Wildman–Crippen MR) is 74.8 cm³/mol. The monoisotopic (exact) mass is 347 g/mol. The first-order chi connectivity index (χ1) is 7.65. The second-order valence-electron chi connectivity index (χ2n) is 3.47. The Kier molecular flexibility index (Phi) is 3.70. The van der Waals surface area contributed by atoms with E-state index in [2.05, 4.69) is 37.9 Å². The average Bonchev–Trinajstić information content (AvgIpc) is 2.63.